The lowest BCUT2D eigenvalue weighted by Gasteiger charge is -2.32. The Bertz CT molecular complexity index is 1360. The molecule has 1 heterocycles. The van der Waals surface area contributed by atoms with Crippen LogP contribution in [0.15, 0.2) is 77.6 Å². The van der Waals surface area contributed by atoms with Gasteiger partial charge in [-0.25, -0.2) is 9.37 Å². The smallest absolute Gasteiger partial charge is 0.266 e. The molecule has 1 aromatic heterocycles. The second kappa shape index (κ2) is 10.00. The molecule has 0 radical (unpaired) electrons. The first-order valence-corrected chi connectivity index (χ1v) is 11.6. The Hall–Kier alpha value is -3.80. The Balaban J connectivity index is 1.93. The number of carbonyl (C=O) groups is 1. The molecule has 5 nitrogen and oxygen atoms in total. The number of hydrogen-bond acceptors (Lipinski definition) is 3. The van der Waals surface area contributed by atoms with Crippen LogP contribution in [0.4, 0.5) is 4.39 Å². The van der Waals surface area contributed by atoms with Crippen LogP contribution in [0.3, 0.4) is 0 Å². The van der Waals surface area contributed by atoms with Crippen LogP contribution in [0.5, 0.6) is 0 Å². The van der Waals surface area contributed by atoms with Crippen LogP contribution in [0.1, 0.15) is 54.5 Å². The first kappa shape index (κ1) is 23.4. The van der Waals surface area contributed by atoms with Crippen molar-refractivity contribution < 1.29 is 9.18 Å². The average Bonchev–Trinajstić information content (AvgIpc) is 2.85. The van der Waals surface area contributed by atoms with Gasteiger partial charge in [0.15, 0.2) is 0 Å². The molecule has 4 rings (SSSR count). The van der Waals surface area contributed by atoms with Gasteiger partial charge in [-0.3, -0.25) is 14.2 Å². The van der Waals surface area contributed by atoms with Gasteiger partial charge < -0.3 is 4.90 Å². The minimum Gasteiger partial charge on any atom is -0.328 e. The first-order valence-electron chi connectivity index (χ1n) is 11.6. The molecule has 0 aliphatic carbocycles. The highest BCUT2D eigenvalue weighted by Gasteiger charge is 2.29. The van der Waals surface area contributed by atoms with Gasteiger partial charge in [-0.2, -0.15) is 0 Å². The van der Waals surface area contributed by atoms with Gasteiger partial charge in [-0.1, -0.05) is 43.7 Å². The molecule has 4 aromatic rings. The summed E-state index contributed by atoms with van der Waals surface area (Å²) in [5.41, 5.74) is 2.50. The van der Waals surface area contributed by atoms with Crippen molar-refractivity contribution in [1.82, 2.24) is 14.5 Å². The molecule has 0 aliphatic heterocycles. The molecule has 34 heavy (non-hydrogen) atoms. The number of amides is 1. The zero-order chi connectivity index (χ0) is 24.2. The maximum Gasteiger partial charge on any atom is 0.266 e. The quantitative estimate of drug-likeness (QED) is 0.350. The number of aromatic nitrogens is 2. The van der Waals surface area contributed by atoms with Crippen LogP contribution < -0.4 is 5.56 Å². The molecule has 0 fully saturated rings. The number of aryl methyl sites for hydroxylation is 1. The number of nitrogens with zero attached hydrogens (tertiary/aromatic N) is 3. The van der Waals surface area contributed by atoms with Gasteiger partial charge in [-0.15, -0.1) is 0 Å². The zero-order valence-corrected chi connectivity index (χ0v) is 19.7. The molecule has 174 valence electrons. The second-order valence-electron chi connectivity index (χ2n) is 8.39. The Morgan fingerprint density at radius 3 is 2.32 bits per heavy atom. The summed E-state index contributed by atoms with van der Waals surface area (Å²) in [6.45, 7) is 6.49. The van der Waals surface area contributed by atoms with Crippen LogP contribution in [-0.4, -0.2) is 26.9 Å². The minimum absolute atomic E-state index is 0.109. The lowest BCUT2D eigenvalue weighted by Crippen LogP contribution is -2.39. The van der Waals surface area contributed by atoms with Gasteiger partial charge >= 0.3 is 0 Å². The fraction of sp³-hybridized carbons (Fsp3) is 0.250. The van der Waals surface area contributed by atoms with E-state index in [0.717, 1.165) is 12.0 Å². The van der Waals surface area contributed by atoms with Crippen LogP contribution in [0.25, 0.3) is 16.6 Å². The van der Waals surface area contributed by atoms with Crippen molar-refractivity contribution >= 4 is 16.8 Å². The Labute approximate surface area is 198 Å². The number of carbonyl (C=O) groups excluding carboxylic acids is 1. The lowest BCUT2D eigenvalue weighted by atomic mass is 10.1. The summed E-state index contributed by atoms with van der Waals surface area (Å²) >= 11 is 0. The van der Waals surface area contributed by atoms with Gasteiger partial charge in [0.25, 0.3) is 11.5 Å². The summed E-state index contributed by atoms with van der Waals surface area (Å²) in [6.07, 6.45) is 1.31. The molecule has 1 amide bonds. The van der Waals surface area contributed by atoms with E-state index < -0.39 is 6.04 Å². The minimum atomic E-state index is -0.448. The van der Waals surface area contributed by atoms with Crippen LogP contribution >= 0.6 is 0 Å². The average molecular weight is 458 g/mol. The van der Waals surface area contributed by atoms with Crippen molar-refractivity contribution in [3.8, 4) is 5.69 Å². The van der Waals surface area contributed by atoms with E-state index in [-0.39, 0.29) is 17.3 Å². The van der Waals surface area contributed by atoms with Crippen molar-refractivity contribution in [3.63, 3.8) is 0 Å². The predicted molar refractivity (Wildman–Crippen MR) is 133 cm³/mol. The van der Waals surface area contributed by atoms with E-state index in [4.69, 9.17) is 4.98 Å². The van der Waals surface area contributed by atoms with E-state index >= 15 is 0 Å². The fourth-order valence-corrected chi connectivity index (χ4v) is 4.26. The molecule has 0 saturated heterocycles. The Kier molecular flexibility index (Phi) is 6.87. The summed E-state index contributed by atoms with van der Waals surface area (Å²) in [4.78, 5) is 33.9. The third-order valence-electron chi connectivity index (χ3n) is 5.97. The Morgan fingerprint density at radius 1 is 1.00 bits per heavy atom. The molecule has 0 bridgehead atoms. The standard InChI is InChI=1S/C28H28FN3O2/c1-4-18-31(27(33)20-12-10-19(3)11-13-20)25(5-2)26-30-24-9-7-6-8-23(24)28(34)32(26)22-16-14-21(29)15-17-22/h6-17,25H,4-5,18H2,1-3H3. The van der Waals surface area contributed by atoms with Crippen molar-refractivity contribution in [3.05, 3.63) is 106 Å². The van der Waals surface area contributed by atoms with Gasteiger partial charge in [0, 0.05) is 12.1 Å². The molecule has 1 atom stereocenters. The predicted octanol–water partition coefficient (Wildman–Crippen LogP) is 5.84. The monoisotopic (exact) mass is 457 g/mol. The maximum atomic E-state index is 13.7. The van der Waals surface area contributed by atoms with Gasteiger partial charge in [0.2, 0.25) is 0 Å². The van der Waals surface area contributed by atoms with Crippen LogP contribution in [0.2, 0.25) is 0 Å². The molecule has 3 aromatic carbocycles. The number of para-hydroxylation sites is 1. The molecule has 0 N–H and O–H groups in total. The van der Waals surface area contributed by atoms with E-state index in [2.05, 4.69) is 0 Å². The molecular weight excluding hydrogens is 429 g/mol. The largest absolute Gasteiger partial charge is 0.328 e. The zero-order valence-electron chi connectivity index (χ0n) is 19.7. The summed E-state index contributed by atoms with van der Waals surface area (Å²) in [5.74, 6) is -0.0326. The molecule has 0 saturated carbocycles. The number of fused-ring (bicyclic) bond motifs is 1. The van der Waals surface area contributed by atoms with Crippen LogP contribution in [0, 0.1) is 12.7 Å². The number of hydrogen-bond donors (Lipinski definition) is 0. The van der Waals surface area contributed by atoms with Crippen molar-refractivity contribution in [2.75, 3.05) is 6.54 Å². The highest BCUT2D eigenvalue weighted by atomic mass is 19.1. The van der Waals surface area contributed by atoms with Gasteiger partial charge in [0.1, 0.15) is 11.6 Å². The van der Waals surface area contributed by atoms with Crippen molar-refractivity contribution in [2.24, 2.45) is 0 Å². The molecular formula is C28H28FN3O2. The first-order chi connectivity index (χ1) is 16.4. The van der Waals surface area contributed by atoms with E-state index in [1.54, 1.807) is 35.2 Å². The van der Waals surface area contributed by atoms with Gasteiger partial charge in [0.05, 0.1) is 22.6 Å². The van der Waals surface area contributed by atoms with Crippen LogP contribution in [-0.2, 0) is 0 Å². The third kappa shape index (κ3) is 4.49. The van der Waals surface area contributed by atoms with E-state index in [1.807, 2.05) is 51.1 Å². The molecule has 6 heteroatoms. The molecule has 0 spiro atoms. The number of halogens is 1. The summed E-state index contributed by atoms with van der Waals surface area (Å²) in [7, 11) is 0. The second-order valence-corrected chi connectivity index (χ2v) is 8.39. The molecule has 0 aliphatic rings. The maximum absolute atomic E-state index is 13.7. The number of benzene rings is 3. The summed E-state index contributed by atoms with van der Waals surface area (Å²) in [6, 6.07) is 20.0. The summed E-state index contributed by atoms with van der Waals surface area (Å²) in [5, 5.41) is 0.470. The van der Waals surface area contributed by atoms with Gasteiger partial charge in [-0.05, 0) is 68.3 Å². The van der Waals surface area contributed by atoms with E-state index in [9.17, 15) is 14.0 Å². The Morgan fingerprint density at radius 2 is 1.68 bits per heavy atom. The summed E-state index contributed by atoms with van der Waals surface area (Å²) < 4.78 is 15.2. The van der Waals surface area contributed by atoms with E-state index in [1.165, 1.54) is 16.7 Å². The van der Waals surface area contributed by atoms with Crippen molar-refractivity contribution in [1.29, 1.82) is 0 Å². The van der Waals surface area contributed by atoms with Crippen molar-refractivity contribution in [2.45, 2.75) is 39.7 Å². The number of rotatable bonds is 7. The van der Waals surface area contributed by atoms with E-state index in [0.29, 0.717) is 40.9 Å². The lowest BCUT2D eigenvalue weighted by molar-refractivity contribution is 0.0659. The highest BCUT2D eigenvalue weighted by Crippen LogP contribution is 2.28. The SMILES string of the molecule is CCCN(C(=O)c1ccc(C)cc1)C(CC)c1nc2ccccc2c(=O)n1-c1ccc(F)cc1. The topological polar surface area (TPSA) is 55.2 Å². The molecule has 1 unspecified atom stereocenters. The normalized spacial score (nSPS) is 12.0. The highest BCUT2D eigenvalue weighted by molar-refractivity contribution is 5.94. The third-order valence-corrected chi connectivity index (χ3v) is 5.97. The fourth-order valence-electron chi connectivity index (χ4n) is 4.26.